The summed E-state index contributed by atoms with van der Waals surface area (Å²) in [6.07, 6.45) is 10.4. The van der Waals surface area contributed by atoms with Crippen molar-refractivity contribution in [1.82, 2.24) is 0 Å². The van der Waals surface area contributed by atoms with E-state index in [1.165, 1.54) is 12.5 Å². The molecule has 0 atom stereocenters. The van der Waals surface area contributed by atoms with Crippen molar-refractivity contribution in [2.45, 2.75) is 88.9 Å². The summed E-state index contributed by atoms with van der Waals surface area (Å²) in [6, 6.07) is 3.28. The number of rotatable bonds is 4. The van der Waals surface area contributed by atoms with Crippen molar-refractivity contribution in [3.8, 4) is 0 Å². The second kappa shape index (κ2) is 7.05. The minimum atomic E-state index is -1.44. The van der Waals surface area contributed by atoms with Gasteiger partial charge in [-0.1, -0.05) is 64.5 Å². The van der Waals surface area contributed by atoms with Gasteiger partial charge in [-0.15, -0.1) is 0 Å². The van der Waals surface area contributed by atoms with Crippen molar-refractivity contribution in [1.29, 1.82) is 0 Å². The number of hydrogen-bond acceptors (Lipinski definition) is 4. The van der Waals surface area contributed by atoms with Gasteiger partial charge in [0.05, 0.1) is 11.9 Å². The van der Waals surface area contributed by atoms with E-state index in [9.17, 15) is 19.8 Å². The highest BCUT2D eigenvalue weighted by atomic mass is 16.4. The van der Waals surface area contributed by atoms with Crippen molar-refractivity contribution in [2.75, 3.05) is 0 Å². The maximum Gasteiger partial charge on any atom is 0.0725 e. The first-order chi connectivity index (χ1) is 12.3. The number of aromatic carboxylic acids is 2. The molecule has 1 aromatic carbocycles. The summed E-state index contributed by atoms with van der Waals surface area (Å²) in [5.41, 5.74) is 0.917. The van der Waals surface area contributed by atoms with Gasteiger partial charge in [0.2, 0.25) is 0 Å². The van der Waals surface area contributed by atoms with Gasteiger partial charge in [-0.3, -0.25) is 0 Å². The number of carbonyl (C=O) groups is 2. The van der Waals surface area contributed by atoms with Crippen molar-refractivity contribution in [3.63, 3.8) is 0 Å². The molecule has 0 amide bonds. The van der Waals surface area contributed by atoms with Gasteiger partial charge < -0.3 is 19.8 Å². The molecule has 4 nitrogen and oxygen atoms in total. The van der Waals surface area contributed by atoms with Crippen molar-refractivity contribution in [3.05, 3.63) is 34.4 Å². The first-order valence-corrected chi connectivity index (χ1v) is 9.89. The lowest BCUT2D eigenvalue weighted by molar-refractivity contribution is -0.259. The average Bonchev–Trinajstić information content (AvgIpc) is 2.61. The average molecular weight is 356 g/mol. The molecule has 0 aromatic heterocycles. The molecule has 0 bridgehead atoms. The number of benzene rings is 1. The van der Waals surface area contributed by atoms with Crippen LogP contribution in [0.25, 0.3) is 0 Å². The lowest BCUT2D eigenvalue weighted by Gasteiger charge is -2.44. The Morgan fingerprint density at radius 1 is 0.769 bits per heavy atom. The number of hydrogen-bond donors (Lipinski definition) is 0. The van der Waals surface area contributed by atoms with Gasteiger partial charge in [-0.2, -0.15) is 0 Å². The van der Waals surface area contributed by atoms with Crippen LogP contribution in [0.2, 0.25) is 0 Å². The molecule has 2 aliphatic rings. The first-order valence-electron chi connectivity index (χ1n) is 9.89. The highest BCUT2D eigenvalue weighted by Gasteiger charge is 2.39. The van der Waals surface area contributed by atoms with E-state index in [4.69, 9.17) is 0 Å². The van der Waals surface area contributed by atoms with Crippen LogP contribution in [0.3, 0.4) is 0 Å². The Kier molecular flexibility index (Phi) is 5.14. The zero-order chi connectivity index (χ0) is 18.9. The molecule has 3 rings (SSSR count). The molecule has 4 heteroatoms. The number of carbonyl (C=O) groups excluding carboxylic acids is 2. The molecule has 2 aliphatic carbocycles. The van der Waals surface area contributed by atoms with Gasteiger partial charge in [0.25, 0.3) is 0 Å². The third-order valence-corrected chi connectivity index (χ3v) is 6.80. The van der Waals surface area contributed by atoms with Crippen LogP contribution in [0.15, 0.2) is 12.1 Å². The summed E-state index contributed by atoms with van der Waals surface area (Å²) < 4.78 is 0. The van der Waals surface area contributed by atoms with Crippen LogP contribution in [0.1, 0.15) is 110 Å². The Hall–Kier alpha value is -1.84. The van der Waals surface area contributed by atoms with Gasteiger partial charge in [0.1, 0.15) is 0 Å². The zero-order valence-electron chi connectivity index (χ0n) is 15.9. The van der Waals surface area contributed by atoms with Crippen LogP contribution >= 0.6 is 0 Å². The minimum Gasteiger partial charge on any atom is -0.545 e. The van der Waals surface area contributed by atoms with Crippen LogP contribution in [0.5, 0.6) is 0 Å². The predicted octanol–water partition coefficient (Wildman–Crippen LogP) is 2.86. The van der Waals surface area contributed by atoms with Crippen LogP contribution in [-0.4, -0.2) is 11.9 Å². The lowest BCUT2D eigenvalue weighted by atomic mass is 9.61. The third-order valence-electron chi connectivity index (χ3n) is 6.80. The van der Waals surface area contributed by atoms with Gasteiger partial charge in [-0.05, 0) is 47.6 Å². The molecule has 142 valence electrons. The van der Waals surface area contributed by atoms with Crippen molar-refractivity contribution >= 4 is 11.9 Å². The molecular weight excluding hydrogens is 328 g/mol. The maximum absolute atomic E-state index is 12.1. The predicted molar refractivity (Wildman–Crippen MR) is 96.0 cm³/mol. The molecule has 0 saturated heterocycles. The zero-order valence-corrected chi connectivity index (χ0v) is 15.9. The van der Waals surface area contributed by atoms with E-state index >= 15 is 0 Å². The molecule has 0 unspecified atom stereocenters. The molecular formula is C22H28O4-2. The molecule has 0 N–H and O–H groups in total. The SMILES string of the molecule is CC1(c2ccc(C(=O)[O-])c(C(=O)[O-])c2C2(C)CCCCC2)CCCCC1. The molecule has 0 spiro atoms. The molecule has 26 heavy (non-hydrogen) atoms. The fourth-order valence-electron chi connectivity index (χ4n) is 5.30. The second-order valence-corrected chi connectivity index (χ2v) is 8.73. The minimum absolute atomic E-state index is 0.108. The summed E-state index contributed by atoms with van der Waals surface area (Å²) in [4.78, 5) is 23.7. The largest absolute Gasteiger partial charge is 0.545 e. The fraction of sp³-hybridized carbons (Fsp3) is 0.636. The van der Waals surface area contributed by atoms with Gasteiger partial charge >= 0.3 is 0 Å². The Morgan fingerprint density at radius 2 is 1.27 bits per heavy atom. The molecule has 1 aromatic rings. The highest BCUT2D eigenvalue weighted by molar-refractivity contribution is 6.02. The molecule has 0 radical (unpaired) electrons. The molecule has 2 fully saturated rings. The Bertz CT molecular complexity index is 707. The summed E-state index contributed by atoms with van der Waals surface area (Å²) in [5, 5.41) is 23.7. The van der Waals surface area contributed by atoms with Gasteiger partial charge in [0.15, 0.2) is 0 Å². The standard InChI is InChI=1S/C22H30O4/c1-21(11-5-3-6-12-21)16-10-9-15(19(23)24)17(20(25)26)18(16)22(2)13-7-4-8-14-22/h9-10H,3-8,11-14H2,1-2H3,(H,23,24)(H,25,26)/p-2. The maximum atomic E-state index is 12.1. The lowest BCUT2D eigenvalue weighted by Crippen LogP contribution is -2.39. The summed E-state index contributed by atoms with van der Waals surface area (Å²) >= 11 is 0. The number of carboxylic acid groups (broad SMARTS) is 2. The molecule has 0 heterocycles. The molecule has 2 saturated carbocycles. The number of carboxylic acids is 2. The first kappa shape index (κ1) is 18.9. The summed E-state index contributed by atoms with van der Waals surface area (Å²) in [7, 11) is 0. The van der Waals surface area contributed by atoms with E-state index in [1.54, 1.807) is 0 Å². The Balaban J connectivity index is 2.29. The Labute approximate surface area is 155 Å². The quantitative estimate of drug-likeness (QED) is 0.831. The monoisotopic (exact) mass is 356 g/mol. The van der Waals surface area contributed by atoms with E-state index in [-0.39, 0.29) is 22.0 Å². The van der Waals surface area contributed by atoms with E-state index < -0.39 is 11.9 Å². The van der Waals surface area contributed by atoms with E-state index in [1.807, 2.05) is 6.07 Å². The van der Waals surface area contributed by atoms with Crippen LogP contribution in [0, 0.1) is 0 Å². The third kappa shape index (κ3) is 3.26. The molecule has 0 aliphatic heterocycles. The summed E-state index contributed by atoms with van der Waals surface area (Å²) in [6.45, 7) is 4.30. The van der Waals surface area contributed by atoms with E-state index in [0.717, 1.165) is 63.4 Å². The second-order valence-electron chi connectivity index (χ2n) is 8.73. The topological polar surface area (TPSA) is 80.3 Å². The van der Waals surface area contributed by atoms with Crippen LogP contribution in [-0.2, 0) is 10.8 Å². The fourth-order valence-corrected chi connectivity index (χ4v) is 5.30. The van der Waals surface area contributed by atoms with E-state index in [0.29, 0.717) is 5.56 Å². The smallest absolute Gasteiger partial charge is 0.0725 e. The normalized spacial score (nSPS) is 21.9. The summed E-state index contributed by atoms with van der Waals surface area (Å²) in [5.74, 6) is -2.84. The van der Waals surface area contributed by atoms with Crippen LogP contribution < -0.4 is 10.2 Å². The van der Waals surface area contributed by atoms with Gasteiger partial charge in [-0.25, -0.2) is 0 Å². The van der Waals surface area contributed by atoms with Crippen molar-refractivity contribution in [2.24, 2.45) is 0 Å². The van der Waals surface area contributed by atoms with E-state index in [2.05, 4.69) is 13.8 Å². The van der Waals surface area contributed by atoms with Crippen LogP contribution in [0.4, 0.5) is 0 Å². The van der Waals surface area contributed by atoms with Crippen molar-refractivity contribution < 1.29 is 19.8 Å². The Morgan fingerprint density at radius 3 is 1.73 bits per heavy atom. The highest BCUT2D eigenvalue weighted by Crippen LogP contribution is 2.49. The van der Waals surface area contributed by atoms with Gasteiger partial charge in [0, 0.05) is 11.1 Å².